The average Bonchev–Trinajstić information content (AvgIpc) is 3.49. The number of hydrogen-bond acceptors (Lipinski definition) is 8. The van der Waals surface area contributed by atoms with Gasteiger partial charge in [-0.3, -0.25) is 0 Å². The highest BCUT2D eigenvalue weighted by Crippen LogP contribution is 2.39. The highest BCUT2D eigenvalue weighted by Gasteiger charge is 2.26. The van der Waals surface area contributed by atoms with Gasteiger partial charge in [0.05, 0.1) is 11.3 Å². The molecule has 1 aromatic carbocycles. The molecule has 1 aliphatic rings. The highest BCUT2D eigenvalue weighted by molar-refractivity contribution is 7.98. The number of nitriles is 2. The van der Waals surface area contributed by atoms with Crippen LogP contribution in [0.2, 0.25) is 0 Å². The Labute approximate surface area is 177 Å². The molecule has 1 saturated heterocycles. The van der Waals surface area contributed by atoms with E-state index in [1.807, 2.05) is 30.3 Å². The number of benzene rings is 1. The van der Waals surface area contributed by atoms with E-state index in [-0.39, 0.29) is 5.88 Å². The van der Waals surface area contributed by atoms with Crippen LogP contribution in [-0.4, -0.2) is 18.1 Å². The molecule has 0 atom stereocenters. The number of pyridine rings is 1. The Hall–Kier alpha value is -3.62. The summed E-state index contributed by atoms with van der Waals surface area (Å²) in [5.41, 5.74) is 2.20. The maximum Gasteiger partial charge on any atom is 0.260 e. The molecule has 1 aliphatic heterocycles. The molecule has 0 radical (unpaired) electrons. The zero-order chi connectivity index (χ0) is 20.9. The molecule has 3 aromatic rings. The van der Waals surface area contributed by atoms with Gasteiger partial charge >= 0.3 is 0 Å². The fourth-order valence-electron chi connectivity index (χ4n) is 3.55. The van der Waals surface area contributed by atoms with Crippen LogP contribution in [0.3, 0.4) is 0 Å². The molecule has 7 nitrogen and oxygen atoms in total. The minimum absolute atomic E-state index is 0.0154. The average molecular weight is 415 g/mol. The largest absolute Gasteiger partial charge is 0.440 e. The molecule has 30 heavy (non-hydrogen) atoms. The fourth-order valence-corrected chi connectivity index (χ4v) is 4.43. The van der Waals surface area contributed by atoms with Crippen LogP contribution in [0.15, 0.2) is 57.1 Å². The molecule has 2 aromatic heterocycles. The molecule has 0 aliphatic carbocycles. The van der Waals surface area contributed by atoms with Crippen LogP contribution in [0, 0.1) is 27.6 Å². The van der Waals surface area contributed by atoms with Gasteiger partial charge < -0.3 is 9.32 Å². The van der Waals surface area contributed by atoms with Crippen LogP contribution in [0.1, 0.15) is 29.7 Å². The lowest BCUT2D eigenvalue weighted by Gasteiger charge is -2.22. The predicted octanol–water partition coefficient (Wildman–Crippen LogP) is 5.38. The van der Waals surface area contributed by atoms with E-state index in [1.54, 1.807) is 6.07 Å². The van der Waals surface area contributed by atoms with Crippen molar-refractivity contribution in [3.8, 4) is 23.3 Å². The minimum Gasteiger partial charge on any atom is -0.440 e. The van der Waals surface area contributed by atoms with Gasteiger partial charge in [0.1, 0.15) is 34.3 Å². The zero-order valence-electron chi connectivity index (χ0n) is 16.0. The summed E-state index contributed by atoms with van der Waals surface area (Å²) in [6.45, 7) is 1.66. The second-order valence-electron chi connectivity index (χ2n) is 6.77. The van der Waals surface area contributed by atoms with Crippen LogP contribution >= 0.6 is 11.8 Å². The molecule has 148 valence electrons. The molecule has 0 unspecified atom stereocenters. The van der Waals surface area contributed by atoms with Crippen molar-refractivity contribution in [3.63, 3.8) is 0 Å². The van der Waals surface area contributed by atoms with Gasteiger partial charge in [0.2, 0.25) is 0 Å². The summed E-state index contributed by atoms with van der Waals surface area (Å²) in [4.78, 5) is 17.5. The van der Waals surface area contributed by atoms with Gasteiger partial charge in [-0.15, -0.1) is 4.91 Å². The first-order valence-corrected chi connectivity index (χ1v) is 10.5. The fraction of sp³-hybridized carbons (Fsp3) is 0.227. The molecule has 0 N–H and O–H groups in total. The first kappa shape index (κ1) is 19.7. The number of hydrogen-bond donors (Lipinski definition) is 0. The lowest BCUT2D eigenvalue weighted by Crippen LogP contribution is -2.21. The molecular weight excluding hydrogens is 398 g/mol. The third-order valence-corrected chi connectivity index (χ3v) is 5.92. The Bertz CT molecular complexity index is 1150. The Morgan fingerprint density at radius 3 is 2.43 bits per heavy atom. The standard InChI is InChI=1S/C22H17N5O2S/c23-12-17-20(15-6-2-1-3-7-15)18(13-24)22(25-21(17)27-10-4-5-11-27)30-14-16-8-9-19(26-28)29-16/h1-3,6-9H,4-5,10-11,14H2. The number of rotatable bonds is 6. The van der Waals surface area contributed by atoms with Crippen molar-refractivity contribution in [1.82, 2.24) is 4.98 Å². The minimum atomic E-state index is 0.0154. The van der Waals surface area contributed by atoms with Gasteiger partial charge in [-0.05, 0) is 24.5 Å². The SMILES string of the molecule is N#Cc1c(SCc2ccc(N=O)o2)nc(N2CCCC2)c(C#N)c1-c1ccccc1. The van der Waals surface area contributed by atoms with Crippen LogP contribution in [0.25, 0.3) is 11.1 Å². The van der Waals surface area contributed by atoms with Gasteiger partial charge in [-0.2, -0.15) is 10.5 Å². The molecule has 0 amide bonds. The van der Waals surface area contributed by atoms with Gasteiger partial charge in [-0.25, -0.2) is 4.98 Å². The van der Waals surface area contributed by atoms with Crippen LogP contribution < -0.4 is 4.90 Å². The molecule has 0 spiro atoms. The van der Waals surface area contributed by atoms with E-state index in [1.165, 1.54) is 17.8 Å². The predicted molar refractivity (Wildman–Crippen MR) is 114 cm³/mol. The normalized spacial score (nSPS) is 13.1. The number of nitrogens with zero attached hydrogens (tertiary/aromatic N) is 5. The lowest BCUT2D eigenvalue weighted by molar-refractivity contribution is 0.540. The first-order valence-electron chi connectivity index (χ1n) is 9.48. The summed E-state index contributed by atoms with van der Waals surface area (Å²) in [7, 11) is 0. The maximum atomic E-state index is 10.6. The van der Waals surface area contributed by atoms with Crippen molar-refractivity contribution >= 4 is 23.5 Å². The smallest absolute Gasteiger partial charge is 0.260 e. The van der Waals surface area contributed by atoms with Crippen molar-refractivity contribution < 1.29 is 4.42 Å². The number of nitroso groups, excluding NO2 is 1. The number of anilines is 1. The zero-order valence-corrected chi connectivity index (χ0v) is 16.9. The van der Waals surface area contributed by atoms with E-state index in [4.69, 9.17) is 9.40 Å². The van der Waals surface area contributed by atoms with Crippen molar-refractivity contribution in [2.24, 2.45) is 5.18 Å². The second-order valence-corrected chi connectivity index (χ2v) is 7.73. The summed E-state index contributed by atoms with van der Waals surface area (Å²) >= 11 is 1.34. The molecule has 3 heterocycles. The maximum absolute atomic E-state index is 10.6. The Balaban J connectivity index is 1.84. The third kappa shape index (κ3) is 3.78. The summed E-state index contributed by atoms with van der Waals surface area (Å²) in [5, 5.41) is 23.3. The Morgan fingerprint density at radius 1 is 1.07 bits per heavy atom. The molecule has 0 saturated carbocycles. The van der Waals surface area contributed by atoms with Gasteiger partial charge in [0, 0.05) is 29.9 Å². The quantitative estimate of drug-likeness (QED) is 0.393. The molecule has 0 bridgehead atoms. The Morgan fingerprint density at radius 2 is 1.80 bits per heavy atom. The molecule has 4 rings (SSSR count). The van der Waals surface area contributed by atoms with E-state index < -0.39 is 0 Å². The van der Waals surface area contributed by atoms with Crippen LogP contribution in [0.4, 0.5) is 11.7 Å². The lowest BCUT2D eigenvalue weighted by atomic mass is 9.96. The van der Waals surface area contributed by atoms with Crippen molar-refractivity contribution in [1.29, 1.82) is 10.5 Å². The van der Waals surface area contributed by atoms with E-state index in [0.29, 0.717) is 39.0 Å². The van der Waals surface area contributed by atoms with Crippen molar-refractivity contribution in [2.45, 2.75) is 23.6 Å². The second kappa shape index (κ2) is 8.81. The summed E-state index contributed by atoms with van der Waals surface area (Å²) in [6, 6.07) is 17.2. The summed E-state index contributed by atoms with van der Waals surface area (Å²) in [6.07, 6.45) is 2.09. The molecule has 1 fully saturated rings. The van der Waals surface area contributed by atoms with Gasteiger partial charge in [-0.1, -0.05) is 42.1 Å². The summed E-state index contributed by atoms with van der Waals surface area (Å²) < 4.78 is 5.34. The Kier molecular flexibility index (Phi) is 5.78. The topological polar surface area (TPSA) is 106 Å². The number of aromatic nitrogens is 1. The monoisotopic (exact) mass is 415 g/mol. The van der Waals surface area contributed by atoms with E-state index in [0.717, 1.165) is 31.5 Å². The molecule has 8 heteroatoms. The van der Waals surface area contributed by atoms with Crippen LogP contribution in [0.5, 0.6) is 0 Å². The van der Waals surface area contributed by atoms with Crippen molar-refractivity contribution in [3.05, 3.63) is 64.3 Å². The van der Waals surface area contributed by atoms with E-state index >= 15 is 0 Å². The van der Waals surface area contributed by atoms with Crippen LogP contribution in [-0.2, 0) is 5.75 Å². The number of thioether (sulfide) groups is 1. The summed E-state index contributed by atoms with van der Waals surface area (Å²) in [5.74, 6) is 1.58. The number of furan rings is 1. The third-order valence-electron chi connectivity index (χ3n) is 4.93. The first-order chi connectivity index (χ1) is 14.7. The van der Waals surface area contributed by atoms with Gasteiger partial charge in [0.15, 0.2) is 0 Å². The highest BCUT2D eigenvalue weighted by atomic mass is 32.2. The van der Waals surface area contributed by atoms with Crippen molar-refractivity contribution in [2.75, 3.05) is 18.0 Å². The van der Waals surface area contributed by atoms with Gasteiger partial charge in [0.25, 0.3) is 5.88 Å². The molecular formula is C22H17N5O2S. The van der Waals surface area contributed by atoms with E-state index in [9.17, 15) is 15.4 Å². The van der Waals surface area contributed by atoms with E-state index in [2.05, 4.69) is 22.2 Å².